The largest absolute Gasteiger partial charge is 0.322 e. The summed E-state index contributed by atoms with van der Waals surface area (Å²) in [5, 5.41) is 2.67. The van der Waals surface area contributed by atoms with Gasteiger partial charge in [-0.15, -0.1) is 0 Å². The lowest BCUT2D eigenvalue weighted by Gasteiger charge is -2.00. The van der Waals surface area contributed by atoms with Crippen molar-refractivity contribution in [2.24, 2.45) is 0 Å². The summed E-state index contributed by atoms with van der Waals surface area (Å²) in [6.07, 6.45) is 6.09. The van der Waals surface area contributed by atoms with Gasteiger partial charge in [0.25, 0.3) is 0 Å². The number of hydrogen-bond acceptors (Lipinski definition) is 2. The second kappa shape index (κ2) is 5.72. The van der Waals surface area contributed by atoms with E-state index in [1.807, 2.05) is 0 Å². The first-order valence-corrected chi connectivity index (χ1v) is 5.39. The first kappa shape index (κ1) is 12.0. The highest BCUT2D eigenvalue weighted by atomic mass is 19.1. The number of rotatable bonds is 3. The molecule has 0 unspecified atom stereocenters. The number of carbonyl (C=O) groups is 1. The summed E-state index contributed by atoms with van der Waals surface area (Å²) in [5.74, 6) is -0.600. The van der Waals surface area contributed by atoms with Gasteiger partial charge in [-0.25, -0.2) is 4.39 Å². The van der Waals surface area contributed by atoms with Crippen molar-refractivity contribution in [3.8, 4) is 0 Å². The zero-order chi connectivity index (χ0) is 12.8. The Bertz CT molecular complexity index is 567. The van der Waals surface area contributed by atoms with Crippen LogP contribution in [0, 0.1) is 5.82 Å². The van der Waals surface area contributed by atoms with Gasteiger partial charge < -0.3 is 5.32 Å². The Morgan fingerprint density at radius 1 is 1.22 bits per heavy atom. The van der Waals surface area contributed by atoms with Gasteiger partial charge in [-0.3, -0.25) is 9.78 Å². The molecule has 0 bridgehead atoms. The highest BCUT2D eigenvalue weighted by molar-refractivity contribution is 6.01. The van der Waals surface area contributed by atoms with Crippen LogP contribution >= 0.6 is 0 Å². The molecule has 2 rings (SSSR count). The molecule has 1 aromatic carbocycles. The summed E-state index contributed by atoms with van der Waals surface area (Å²) in [4.78, 5) is 15.4. The first-order valence-electron chi connectivity index (χ1n) is 5.39. The molecular weight excluding hydrogens is 231 g/mol. The van der Waals surface area contributed by atoms with Crippen LogP contribution in [0.2, 0.25) is 0 Å². The third-order valence-corrected chi connectivity index (χ3v) is 2.22. The molecule has 0 aliphatic heterocycles. The molecule has 0 aliphatic rings. The Labute approximate surface area is 104 Å². The highest BCUT2D eigenvalue weighted by Gasteiger charge is 1.97. The van der Waals surface area contributed by atoms with Crippen molar-refractivity contribution in [3.63, 3.8) is 0 Å². The average molecular weight is 242 g/mol. The number of aromatic nitrogens is 1. The van der Waals surface area contributed by atoms with Crippen molar-refractivity contribution in [3.05, 3.63) is 66.2 Å². The summed E-state index contributed by atoms with van der Waals surface area (Å²) in [7, 11) is 0. The molecule has 90 valence electrons. The average Bonchev–Trinajstić information content (AvgIpc) is 2.38. The molecule has 1 N–H and O–H groups in total. The van der Waals surface area contributed by atoms with Crippen LogP contribution in [-0.2, 0) is 4.79 Å². The van der Waals surface area contributed by atoms with E-state index in [0.717, 1.165) is 0 Å². The number of nitrogens with zero attached hydrogens (tertiary/aromatic N) is 1. The van der Waals surface area contributed by atoms with Gasteiger partial charge in [0.2, 0.25) is 5.91 Å². The van der Waals surface area contributed by atoms with Crippen molar-refractivity contribution in [2.45, 2.75) is 0 Å². The zero-order valence-electron chi connectivity index (χ0n) is 9.51. The minimum absolute atomic E-state index is 0.273. The molecule has 0 saturated carbocycles. The molecule has 1 amide bonds. The van der Waals surface area contributed by atoms with Gasteiger partial charge in [-0.2, -0.15) is 0 Å². The van der Waals surface area contributed by atoms with Crippen LogP contribution in [0.25, 0.3) is 6.08 Å². The fraction of sp³-hybridized carbons (Fsp3) is 0. The molecular formula is C14H11FN2O. The van der Waals surface area contributed by atoms with Crippen molar-refractivity contribution >= 4 is 17.7 Å². The summed E-state index contributed by atoms with van der Waals surface area (Å²) in [6.45, 7) is 0. The topological polar surface area (TPSA) is 42.0 Å². The number of hydrogen-bond donors (Lipinski definition) is 1. The van der Waals surface area contributed by atoms with Crippen LogP contribution in [0.4, 0.5) is 10.1 Å². The van der Waals surface area contributed by atoms with E-state index in [1.54, 1.807) is 42.7 Å². The standard InChI is InChI=1S/C14H11FN2O/c15-12-3-1-2-11(10-12)4-5-14(18)17-13-6-8-16-9-7-13/h1-10H,(H,16,17,18)/b5-4+. The Morgan fingerprint density at radius 2 is 2.00 bits per heavy atom. The molecule has 18 heavy (non-hydrogen) atoms. The van der Waals surface area contributed by atoms with E-state index in [4.69, 9.17) is 0 Å². The highest BCUT2D eigenvalue weighted by Crippen LogP contribution is 2.06. The molecule has 2 aromatic rings. The molecule has 3 nitrogen and oxygen atoms in total. The van der Waals surface area contributed by atoms with Gasteiger partial charge in [0.15, 0.2) is 0 Å². The molecule has 0 atom stereocenters. The van der Waals surface area contributed by atoms with E-state index < -0.39 is 0 Å². The van der Waals surface area contributed by atoms with Crippen LogP contribution in [0.1, 0.15) is 5.56 Å². The van der Waals surface area contributed by atoms with Crippen LogP contribution in [0.5, 0.6) is 0 Å². The van der Waals surface area contributed by atoms with Gasteiger partial charge in [0.1, 0.15) is 5.82 Å². The Morgan fingerprint density at radius 3 is 2.72 bits per heavy atom. The third-order valence-electron chi connectivity index (χ3n) is 2.22. The van der Waals surface area contributed by atoms with E-state index in [2.05, 4.69) is 10.3 Å². The minimum atomic E-state index is -0.327. The molecule has 0 aliphatic carbocycles. The van der Waals surface area contributed by atoms with E-state index in [0.29, 0.717) is 11.3 Å². The van der Waals surface area contributed by atoms with E-state index >= 15 is 0 Å². The maximum Gasteiger partial charge on any atom is 0.248 e. The van der Waals surface area contributed by atoms with Crippen LogP contribution in [0.15, 0.2) is 54.9 Å². The van der Waals surface area contributed by atoms with E-state index in [9.17, 15) is 9.18 Å². The van der Waals surface area contributed by atoms with Gasteiger partial charge >= 0.3 is 0 Å². The molecule has 1 aromatic heterocycles. The smallest absolute Gasteiger partial charge is 0.248 e. The molecule has 4 heteroatoms. The molecule has 0 fully saturated rings. The number of benzene rings is 1. The lowest BCUT2D eigenvalue weighted by Crippen LogP contribution is -2.07. The number of amides is 1. The van der Waals surface area contributed by atoms with Gasteiger partial charge in [0.05, 0.1) is 0 Å². The predicted molar refractivity (Wildman–Crippen MR) is 68.3 cm³/mol. The van der Waals surface area contributed by atoms with Crippen molar-refractivity contribution < 1.29 is 9.18 Å². The molecule has 0 radical (unpaired) electrons. The zero-order valence-corrected chi connectivity index (χ0v) is 9.51. The molecule has 0 spiro atoms. The van der Waals surface area contributed by atoms with Gasteiger partial charge in [-0.05, 0) is 35.9 Å². The maximum absolute atomic E-state index is 12.9. The van der Waals surface area contributed by atoms with Crippen molar-refractivity contribution in [1.82, 2.24) is 4.98 Å². The van der Waals surface area contributed by atoms with Crippen LogP contribution in [-0.4, -0.2) is 10.9 Å². The Kier molecular flexibility index (Phi) is 3.81. The first-order chi connectivity index (χ1) is 8.74. The lowest BCUT2D eigenvalue weighted by molar-refractivity contribution is -0.111. The predicted octanol–water partition coefficient (Wildman–Crippen LogP) is 2.87. The summed E-state index contributed by atoms with van der Waals surface area (Å²) in [5.41, 5.74) is 1.30. The molecule has 0 saturated heterocycles. The fourth-order valence-corrected chi connectivity index (χ4v) is 1.40. The third kappa shape index (κ3) is 3.52. The van der Waals surface area contributed by atoms with Crippen molar-refractivity contribution in [1.29, 1.82) is 0 Å². The van der Waals surface area contributed by atoms with Crippen LogP contribution < -0.4 is 5.32 Å². The number of carbonyl (C=O) groups excluding carboxylic acids is 1. The Balaban J connectivity index is 1.99. The van der Waals surface area contributed by atoms with Gasteiger partial charge in [0, 0.05) is 24.2 Å². The second-order valence-corrected chi connectivity index (χ2v) is 3.61. The second-order valence-electron chi connectivity index (χ2n) is 3.61. The summed E-state index contributed by atoms with van der Waals surface area (Å²) < 4.78 is 12.9. The number of anilines is 1. The maximum atomic E-state index is 12.9. The summed E-state index contributed by atoms with van der Waals surface area (Å²) in [6, 6.07) is 9.40. The molecule has 1 heterocycles. The summed E-state index contributed by atoms with van der Waals surface area (Å²) >= 11 is 0. The van der Waals surface area contributed by atoms with E-state index in [1.165, 1.54) is 18.2 Å². The number of halogens is 1. The Hall–Kier alpha value is -2.49. The normalized spacial score (nSPS) is 10.5. The monoisotopic (exact) mass is 242 g/mol. The van der Waals surface area contributed by atoms with Gasteiger partial charge in [-0.1, -0.05) is 12.1 Å². The number of pyridine rings is 1. The van der Waals surface area contributed by atoms with E-state index in [-0.39, 0.29) is 11.7 Å². The SMILES string of the molecule is O=C(/C=C/c1cccc(F)c1)Nc1ccncc1. The quantitative estimate of drug-likeness (QED) is 0.841. The fourth-order valence-electron chi connectivity index (χ4n) is 1.40. The van der Waals surface area contributed by atoms with Crippen LogP contribution in [0.3, 0.4) is 0 Å². The van der Waals surface area contributed by atoms with Crippen molar-refractivity contribution in [2.75, 3.05) is 5.32 Å². The lowest BCUT2D eigenvalue weighted by atomic mass is 10.2. The minimum Gasteiger partial charge on any atom is -0.322 e. The number of nitrogens with one attached hydrogen (secondary N) is 1.